The smallest absolute Gasteiger partial charge is 0.333 e. The van der Waals surface area contributed by atoms with E-state index in [1.54, 1.807) is 39.8 Å². The molecule has 13 unspecified atom stereocenters. The molecule has 310 valence electrons. The summed E-state index contributed by atoms with van der Waals surface area (Å²) in [6.07, 6.45) is -0.130. The van der Waals surface area contributed by atoms with Crippen LogP contribution in [0, 0.1) is 28.1 Å². The van der Waals surface area contributed by atoms with Gasteiger partial charge in [0.2, 0.25) is 5.60 Å². The Labute approximate surface area is 329 Å². The van der Waals surface area contributed by atoms with E-state index in [9.17, 15) is 28.8 Å². The van der Waals surface area contributed by atoms with Crippen LogP contribution >= 0.6 is 0 Å². The van der Waals surface area contributed by atoms with Crippen molar-refractivity contribution in [1.29, 1.82) is 0 Å². The number of furan rings is 1. The summed E-state index contributed by atoms with van der Waals surface area (Å²) >= 11 is 0. The third-order valence-corrected chi connectivity index (χ3v) is 14.9. The van der Waals surface area contributed by atoms with E-state index in [4.69, 9.17) is 47.0 Å². The zero-order chi connectivity index (χ0) is 41.4. The van der Waals surface area contributed by atoms with Crippen LogP contribution in [0.4, 0.5) is 0 Å². The van der Waals surface area contributed by atoms with Gasteiger partial charge < -0.3 is 47.0 Å². The molecule has 3 spiro atoms. The number of carbonyl (C=O) groups is 6. The van der Waals surface area contributed by atoms with Gasteiger partial charge in [-0.3, -0.25) is 24.0 Å². The quantitative estimate of drug-likeness (QED) is 0.184. The zero-order valence-electron chi connectivity index (χ0n) is 33.7. The van der Waals surface area contributed by atoms with E-state index in [1.807, 2.05) is 13.8 Å². The van der Waals surface area contributed by atoms with Gasteiger partial charge in [-0.05, 0) is 45.1 Å². The van der Waals surface area contributed by atoms with Gasteiger partial charge in [0.25, 0.3) is 5.97 Å². The first kappa shape index (κ1) is 39.5. The number of hydrogen-bond donors (Lipinski definition) is 0. The van der Waals surface area contributed by atoms with Gasteiger partial charge in [0.1, 0.15) is 29.5 Å². The summed E-state index contributed by atoms with van der Waals surface area (Å²) in [7, 11) is 1.23. The molecule has 0 aromatic carbocycles. The van der Waals surface area contributed by atoms with Crippen molar-refractivity contribution in [3.8, 4) is 0 Å². The average molecular weight is 799 g/mol. The molecule has 0 amide bonds. The largest absolute Gasteiger partial charge is 0.472 e. The zero-order valence-corrected chi connectivity index (χ0v) is 33.7. The lowest BCUT2D eigenvalue weighted by Gasteiger charge is -2.77. The Balaban J connectivity index is 1.53. The van der Waals surface area contributed by atoms with E-state index in [1.165, 1.54) is 33.5 Å². The van der Waals surface area contributed by atoms with Crippen LogP contribution in [0.25, 0.3) is 0 Å². The van der Waals surface area contributed by atoms with Crippen molar-refractivity contribution in [3.05, 3.63) is 35.8 Å². The average Bonchev–Trinajstić information content (AvgIpc) is 3.86. The van der Waals surface area contributed by atoms with Crippen molar-refractivity contribution >= 4 is 35.8 Å². The number of fused-ring (bicyclic) bond motifs is 3. The van der Waals surface area contributed by atoms with Gasteiger partial charge in [0.15, 0.2) is 12.2 Å². The third-order valence-electron chi connectivity index (χ3n) is 14.9. The molecule has 57 heavy (non-hydrogen) atoms. The normalized spacial score (nSPS) is 44.9. The molecule has 8 rings (SSSR count). The summed E-state index contributed by atoms with van der Waals surface area (Å²) in [4.78, 5) is 82.5. The molecule has 4 saturated carbocycles. The summed E-state index contributed by atoms with van der Waals surface area (Å²) in [5.41, 5.74) is -10.8. The van der Waals surface area contributed by atoms with Crippen molar-refractivity contribution in [1.82, 2.24) is 0 Å². The predicted octanol–water partition coefficient (Wildman–Crippen LogP) is 4.32. The van der Waals surface area contributed by atoms with E-state index < -0.39 is 117 Å². The molecular weight excluding hydrogens is 748 g/mol. The fraction of sp³-hybridized carbons (Fsp3) is 0.707. The molecule has 4 heterocycles. The molecule has 16 heteroatoms. The van der Waals surface area contributed by atoms with Crippen molar-refractivity contribution in [3.63, 3.8) is 0 Å². The number of esters is 6. The fourth-order valence-corrected chi connectivity index (χ4v) is 13.2. The first-order valence-corrected chi connectivity index (χ1v) is 19.5. The SMILES string of the molecule is CC=C(C)C(=O)OC1C2(C)CC34OC5(C)OC6(C(CC(=O)OC)C(C)(C(OC(C)=O)c7ccoc7)CCC6(O5)C35COC(=O)CC25)C(OC(=O)CC)C14OC(C)=O. The molecule has 16 nitrogen and oxygen atoms in total. The van der Waals surface area contributed by atoms with Crippen LogP contribution in [0.3, 0.4) is 0 Å². The van der Waals surface area contributed by atoms with Gasteiger partial charge in [0, 0.05) is 61.5 Å². The molecule has 0 radical (unpaired) electrons. The molecule has 4 aliphatic carbocycles. The second-order valence-electron chi connectivity index (χ2n) is 17.4. The molecule has 7 fully saturated rings. The van der Waals surface area contributed by atoms with E-state index in [-0.39, 0.29) is 44.3 Å². The van der Waals surface area contributed by atoms with Gasteiger partial charge in [-0.15, -0.1) is 0 Å². The van der Waals surface area contributed by atoms with Crippen molar-refractivity contribution in [2.24, 2.45) is 28.1 Å². The van der Waals surface area contributed by atoms with E-state index in [0.29, 0.717) is 5.56 Å². The van der Waals surface area contributed by atoms with Crippen LogP contribution in [0.5, 0.6) is 0 Å². The molecule has 1 aromatic rings. The van der Waals surface area contributed by atoms with E-state index >= 15 is 0 Å². The lowest BCUT2D eigenvalue weighted by molar-refractivity contribution is -0.485. The number of rotatable bonds is 10. The Kier molecular flexibility index (Phi) is 8.58. The lowest BCUT2D eigenvalue weighted by Crippen LogP contribution is -2.95. The van der Waals surface area contributed by atoms with Crippen LogP contribution in [-0.4, -0.2) is 90.1 Å². The molecule has 3 saturated heterocycles. The molecule has 1 aromatic heterocycles. The number of methoxy groups -OCH3 is 1. The van der Waals surface area contributed by atoms with Crippen LogP contribution in [-0.2, 0) is 71.4 Å². The van der Waals surface area contributed by atoms with Crippen molar-refractivity contribution in [2.75, 3.05) is 13.7 Å². The predicted molar refractivity (Wildman–Crippen MR) is 189 cm³/mol. The van der Waals surface area contributed by atoms with Crippen LogP contribution in [0.1, 0.15) is 106 Å². The fourth-order valence-electron chi connectivity index (χ4n) is 13.2. The molecular formula is C41H50O16. The van der Waals surface area contributed by atoms with Crippen LogP contribution < -0.4 is 0 Å². The Morgan fingerprint density at radius 3 is 2.28 bits per heavy atom. The Hall–Kier alpha value is -4.28. The first-order valence-electron chi connectivity index (χ1n) is 19.5. The molecule has 7 aliphatic rings. The number of allylic oxidation sites excluding steroid dienone is 1. The van der Waals surface area contributed by atoms with Crippen LogP contribution in [0.15, 0.2) is 34.7 Å². The highest BCUT2D eigenvalue weighted by molar-refractivity contribution is 5.88. The van der Waals surface area contributed by atoms with Crippen molar-refractivity contribution < 1.29 is 75.8 Å². The number of ether oxygens (including phenoxy) is 9. The highest BCUT2D eigenvalue weighted by Gasteiger charge is 3.06. The van der Waals surface area contributed by atoms with Gasteiger partial charge in [-0.1, -0.05) is 26.8 Å². The van der Waals surface area contributed by atoms with Crippen molar-refractivity contribution in [2.45, 2.75) is 141 Å². The highest BCUT2D eigenvalue weighted by Crippen LogP contribution is 2.90. The monoisotopic (exact) mass is 798 g/mol. The summed E-state index contributed by atoms with van der Waals surface area (Å²) in [6.45, 7) is 12.3. The summed E-state index contributed by atoms with van der Waals surface area (Å²) in [6, 6.07) is 1.65. The first-order chi connectivity index (χ1) is 26.8. The maximum Gasteiger partial charge on any atom is 0.333 e. The third kappa shape index (κ3) is 4.49. The van der Waals surface area contributed by atoms with Gasteiger partial charge in [-0.2, -0.15) is 0 Å². The van der Waals surface area contributed by atoms with Gasteiger partial charge in [0.05, 0.1) is 31.5 Å². The Bertz CT molecular complexity index is 1970. The minimum atomic E-state index is -2.20. The van der Waals surface area contributed by atoms with E-state index in [2.05, 4.69) is 0 Å². The molecule has 4 bridgehead atoms. The Morgan fingerprint density at radius 1 is 0.947 bits per heavy atom. The van der Waals surface area contributed by atoms with Crippen LogP contribution in [0.2, 0.25) is 0 Å². The molecule has 13 atom stereocenters. The number of hydrogen-bond acceptors (Lipinski definition) is 16. The topological polar surface area (TPSA) is 199 Å². The van der Waals surface area contributed by atoms with Gasteiger partial charge >= 0.3 is 35.8 Å². The Morgan fingerprint density at radius 2 is 1.67 bits per heavy atom. The maximum atomic E-state index is 14.1. The second-order valence-corrected chi connectivity index (χ2v) is 17.4. The number of carbonyl (C=O) groups excluding carboxylic acids is 6. The molecule has 0 N–H and O–H groups in total. The summed E-state index contributed by atoms with van der Waals surface area (Å²) in [5.74, 6) is -7.97. The lowest BCUT2D eigenvalue weighted by atomic mass is 9.33. The standard InChI is InChI=1S/C41H50O16/c1-10-21(3)31(47)53-32-35(7)19-39-37(20-50-29(46)16-25(35)37)38-14-13-34(6,30(51-22(4)42)24-12-15-49-18-24)26(17-28(45)48-9)40(38,57-36(8,55-38)56-39)33(52-27(44)11-2)41(32,39)54-23(5)43/h10,12,15,18,25-26,30,32-33H,11,13-14,16-17,19-20H2,1-9H3. The highest BCUT2D eigenvalue weighted by atomic mass is 16.9. The van der Waals surface area contributed by atoms with Gasteiger partial charge in [-0.25, -0.2) is 4.79 Å². The summed E-state index contributed by atoms with van der Waals surface area (Å²) in [5, 5.41) is 0. The number of cyclic esters (lactones) is 1. The summed E-state index contributed by atoms with van der Waals surface area (Å²) < 4.78 is 64.7. The minimum absolute atomic E-state index is 0.0474. The minimum Gasteiger partial charge on any atom is -0.472 e. The van der Waals surface area contributed by atoms with E-state index in [0.717, 1.165) is 0 Å². The maximum absolute atomic E-state index is 14.1. The molecule has 3 aliphatic heterocycles. The second kappa shape index (κ2) is 12.4.